The van der Waals surface area contributed by atoms with E-state index < -0.39 is 0 Å². The lowest BCUT2D eigenvalue weighted by molar-refractivity contribution is 0.0515. The molecule has 0 saturated carbocycles. The van der Waals surface area contributed by atoms with Crippen LogP contribution in [-0.2, 0) is 6.42 Å². The normalized spacial score (nSPS) is 24.1. The highest BCUT2D eigenvalue weighted by Gasteiger charge is 2.31. The fraction of sp³-hybridized carbons (Fsp3) is 0.571. The predicted molar refractivity (Wildman–Crippen MR) is 64.9 cm³/mol. The molecule has 0 bridgehead atoms. The molecule has 0 unspecified atom stereocenters. The minimum Gasteiger partial charge on any atom is -0.491 e. The number of aliphatic hydroxyl groups is 1. The summed E-state index contributed by atoms with van der Waals surface area (Å²) >= 11 is 0. The van der Waals surface area contributed by atoms with Crippen LogP contribution in [0.25, 0.3) is 0 Å². The van der Waals surface area contributed by atoms with Crippen LogP contribution >= 0.6 is 0 Å². The highest BCUT2D eigenvalue weighted by atomic mass is 16.5. The number of aliphatic hydroxyl groups excluding tert-OH is 1. The van der Waals surface area contributed by atoms with Crippen molar-refractivity contribution < 1.29 is 9.84 Å². The third-order valence-electron chi connectivity index (χ3n) is 3.38. The average Bonchev–Trinajstić information content (AvgIpc) is 2.27. The number of hydrogen-bond donors (Lipinski definition) is 1. The van der Waals surface area contributed by atoms with E-state index in [2.05, 4.69) is 32.9 Å². The van der Waals surface area contributed by atoms with Gasteiger partial charge >= 0.3 is 0 Å². The Labute approximate surface area is 97.3 Å². The fourth-order valence-corrected chi connectivity index (χ4v) is 2.50. The van der Waals surface area contributed by atoms with E-state index in [1.54, 1.807) is 0 Å². The van der Waals surface area contributed by atoms with Crippen molar-refractivity contribution in [2.45, 2.75) is 39.2 Å². The van der Waals surface area contributed by atoms with Gasteiger partial charge in [0.15, 0.2) is 0 Å². The minimum atomic E-state index is -0.375. The van der Waals surface area contributed by atoms with Gasteiger partial charge in [0.25, 0.3) is 0 Å². The summed E-state index contributed by atoms with van der Waals surface area (Å²) in [4.78, 5) is 0. The predicted octanol–water partition coefficient (Wildman–Crippen LogP) is 2.74. The number of benzene rings is 1. The van der Waals surface area contributed by atoms with Crippen LogP contribution in [0.5, 0.6) is 5.75 Å². The Kier molecular flexibility index (Phi) is 3.20. The summed E-state index contributed by atoms with van der Waals surface area (Å²) in [7, 11) is 0. The van der Waals surface area contributed by atoms with E-state index in [9.17, 15) is 5.11 Å². The molecule has 88 valence electrons. The van der Waals surface area contributed by atoms with Gasteiger partial charge in [-0.2, -0.15) is 0 Å². The molecule has 16 heavy (non-hydrogen) atoms. The molecule has 2 atom stereocenters. The van der Waals surface area contributed by atoms with Gasteiger partial charge in [0.05, 0.1) is 6.10 Å². The summed E-state index contributed by atoms with van der Waals surface area (Å²) < 4.78 is 5.57. The van der Waals surface area contributed by atoms with Gasteiger partial charge in [-0.1, -0.05) is 32.9 Å². The maximum Gasteiger partial charge on any atom is 0.123 e. The molecule has 0 spiro atoms. The largest absolute Gasteiger partial charge is 0.491 e. The maximum atomic E-state index is 10.0. The van der Waals surface area contributed by atoms with Gasteiger partial charge in [0.1, 0.15) is 12.4 Å². The Hall–Kier alpha value is -1.02. The molecule has 2 heteroatoms. The third kappa shape index (κ3) is 1.94. The highest BCUT2D eigenvalue weighted by Crippen LogP contribution is 2.38. The van der Waals surface area contributed by atoms with Crippen LogP contribution in [0.15, 0.2) is 18.2 Å². The Bertz CT molecular complexity index is 371. The number of ether oxygens (including phenoxy) is 1. The number of fused-ring (bicyclic) bond motifs is 1. The quantitative estimate of drug-likeness (QED) is 0.830. The molecule has 0 radical (unpaired) electrons. The van der Waals surface area contributed by atoms with Crippen LogP contribution in [0.3, 0.4) is 0 Å². The highest BCUT2D eigenvalue weighted by molar-refractivity contribution is 5.42. The van der Waals surface area contributed by atoms with Crippen molar-refractivity contribution in [3.63, 3.8) is 0 Å². The van der Waals surface area contributed by atoms with Gasteiger partial charge in [0, 0.05) is 11.5 Å². The van der Waals surface area contributed by atoms with Crippen LogP contribution in [0.1, 0.15) is 37.8 Å². The van der Waals surface area contributed by atoms with Crippen molar-refractivity contribution in [2.75, 3.05) is 6.61 Å². The molecular weight excluding hydrogens is 200 g/mol. The fourth-order valence-electron chi connectivity index (χ4n) is 2.50. The van der Waals surface area contributed by atoms with E-state index in [-0.39, 0.29) is 12.0 Å². The molecule has 0 saturated heterocycles. The van der Waals surface area contributed by atoms with Gasteiger partial charge in [0.2, 0.25) is 0 Å². The molecule has 2 rings (SSSR count). The van der Waals surface area contributed by atoms with Gasteiger partial charge in [-0.15, -0.1) is 0 Å². The Morgan fingerprint density at radius 3 is 2.81 bits per heavy atom. The third-order valence-corrected chi connectivity index (χ3v) is 3.38. The molecule has 1 aliphatic rings. The lowest BCUT2D eigenvalue weighted by Gasteiger charge is -2.33. The maximum absolute atomic E-state index is 10.0. The molecule has 1 aliphatic heterocycles. The monoisotopic (exact) mass is 220 g/mol. The van der Waals surface area contributed by atoms with E-state index in [0.29, 0.717) is 12.5 Å². The standard InChI is InChI=1S/C14H20O2/c1-4-10-5-6-13-11(7-10)14(9(2)3)12(15)8-16-13/h5-7,9,12,14-15H,4,8H2,1-3H3/t12-,14+/m1/s1. The second kappa shape index (κ2) is 4.46. The van der Waals surface area contributed by atoms with Crippen molar-refractivity contribution in [2.24, 2.45) is 5.92 Å². The molecular formula is C14H20O2. The average molecular weight is 220 g/mol. The van der Waals surface area contributed by atoms with Crippen LogP contribution < -0.4 is 4.74 Å². The first kappa shape index (κ1) is 11.5. The first-order chi connectivity index (χ1) is 7.63. The Morgan fingerprint density at radius 2 is 2.19 bits per heavy atom. The van der Waals surface area contributed by atoms with Crippen LogP contribution in [0.4, 0.5) is 0 Å². The zero-order valence-electron chi connectivity index (χ0n) is 10.2. The molecule has 0 fully saturated rings. The molecule has 1 aromatic carbocycles. The van der Waals surface area contributed by atoms with Crippen LogP contribution in [0.2, 0.25) is 0 Å². The molecule has 1 heterocycles. The van der Waals surface area contributed by atoms with E-state index >= 15 is 0 Å². The van der Waals surface area contributed by atoms with Crippen LogP contribution in [0, 0.1) is 5.92 Å². The molecule has 0 amide bonds. The molecule has 1 N–H and O–H groups in total. The Morgan fingerprint density at radius 1 is 1.44 bits per heavy atom. The second-order valence-electron chi connectivity index (χ2n) is 4.87. The summed E-state index contributed by atoms with van der Waals surface area (Å²) in [6.07, 6.45) is 0.647. The van der Waals surface area contributed by atoms with E-state index in [4.69, 9.17) is 4.74 Å². The minimum absolute atomic E-state index is 0.204. The van der Waals surface area contributed by atoms with Crippen molar-refractivity contribution in [1.82, 2.24) is 0 Å². The zero-order chi connectivity index (χ0) is 11.7. The summed E-state index contributed by atoms with van der Waals surface area (Å²) in [6, 6.07) is 6.33. The SMILES string of the molecule is CCc1ccc2c(c1)[C@H](C(C)C)[C@H](O)CO2. The molecule has 0 aromatic heterocycles. The second-order valence-corrected chi connectivity index (χ2v) is 4.87. The summed E-state index contributed by atoms with van der Waals surface area (Å²) in [6.45, 7) is 6.87. The molecule has 0 aliphatic carbocycles. The smallest absolute Gasteiger partial charge is 0.123 e. The van der Waals surface area contributed by atoms with E-state index in [1.165, 1.54) is 11.1 Å². The van der Waals surface area contributed by atoms with Gasteiger partial charge in [-0.25, -0.2) is 0 Å². The lowest BCUT2D eigenvalue weighted by atomic mass is 9.81. The number of rotatable bonds is 2. The Balaban J connectivity index is 2.44. The first-order valence-electron chi connectivity index (χ1n) is 6.07. The summed E-state index contributed by atoms with van der Waals surface area (Å²) in [5.74, 6) is 1.58. The van der Waals surface area contributed by atoms with Gasteiger partial charge in [-0.05, 0) is 24.0 Å². The number of aryl methyl sites for hydroxylation is 1. The van der Waals surface area contributed by atoms with Gasteiger partial charge in [-0.3, -0.25) is 0 Å². The zero-order valence-corrected chi connectivity index (χ0v) is 10.2. The van der Waals surface area contributed by atoms with Gasteiger partial charge < -0.3 is 9.84 Å². The summed E-state index contributed by atoms with van der Waals surface area (Å²) in [5, 5.41) is 10.0. The molecule has 1 aromatic rings. The summed E-state index contributed by atoms with van der Waals surface area (Å²) in [5.41, 5.74) is 2.48. The lowest BCUT2D eigenvalue weighted by Crippen LogP contribution is -2.33. The van der Waals surface area contributed by atoms with Crippen molar-refractivity contribution in [3.05, 3.63) is 29.3 Å². The first-order valence-corrected chi connectivity index (χ1v) is 6.07. The van der Waals surface area contributed by atoms with E-state index in [0.717, 1.165) is 12.2 Å². The van der Waals surface area contributed by atoms with Crippen LogP contribution in [-0.4, -0.2) is 17.8 Å². The van der Waals surface area contributed by atoms with Crippen molar-refractivity contribution in [1.29, 1.82) is 0 Å². The number of hydrogen-bond acceptors (Lipinski definition) is 2. The van der Waals surface area contributed by atoms with Crippen molar-refractivity contribution in [3.8, 4) is 5.75 Å². The molecule has 2 nitrogen and oxygen atoms in total. The van der Waals surface area contributed by atoms with Crippen molar-refractivity contribution >= 4 is 0 Å². The van der Waals surface area contributed by atoms with E-state index in [1.807, 2.05) is 6.07 Å². The topological polar surface area (TPSA) is 29.5 Å².